The van der Waals surface area contributed by atoms with E-state index in [1.54, 1.807) is 42.5 Å². The summed E-state index contributed by atoms with van der Waals surface area (Å²) in [7, 11) is -4.17. The molecule has 38 heavy (non-hydrogen) atoms. The van der Waals surface area contributed by atoms with Crippen molar-refractivity contribution in [3.05, 3.63) is 74.2 Å². The lowest BCUT2D eigenvalue weighted by Crippen LogP contribution is -2.47. The highest BCUT2D eigenvalue weighted by atomic mass is 79.9. The third-order valence-corrected chi connectivity index (χ3v) is 9.92. The number of hydrogen-bond donors (Lipinski definition) is 2. The normalized spacial score (nSPS) is 19.3. The van der Waals surface area contributed by atoms with Crippen molar-refractivity contribution >= 4 is 61.0 Å². The number of nitrogens with two attached hydrogens (primary N) is 1. The third kappa shape index (κ3) is 6.45. The van der Waals surface area contributed by atoms with Gasteiger partial charge in [0.05, 0.1) is 21.0 Å². The quantitative estimate of drug-likeness (QED) is 0.375. The maximum Gasteiger partial charge on any atom is 0.249 e. The number of rotatable bonds is 8. The Morgan fingerprint density at radius 1 is 1.11 bits per heavy atom. The van der Waals surface area contributed by atoms with E-state index in [-0.39, 0.29) is 21.4 Å². The van der Waals surface area contributed by atoms with Crippen molar-refractivity contribution in [2.45, 2.75) is 64.1 Å². The first-order valence-corrected chi connectivity index (χ1v) is 15.1. The number of halogens is 3. The molecule has 0 radical (unpaired) electrons. The summed E-state index contributed by atoms with van der Waals surface area (Å²) in [5.74, 6) is -1.16. The molecular weight excluding hydrogens is 613 g/mol. The number of carbonyl (C=O) groups is 2. The molecule has 7 nitrogen and oxygen atoms in total. The van der Waals surface area contributed by atoms with E-state index in [0.717, 1.165) is 0 Å². The van der Waals surface area contributed by atoms with Crippen LogP contribution in [0.2, 0.25) is 10.0 Å². The van der Waals surface area contributed by atoms with Gasteiger partial charge in [-0.3, -0.25) is 9.59 Å². The number of benzene rings is 2. The summed E-state index contributed by atoms with van der Waals surface area (Å²) in [5, 5.41) is 3.25. The van der Waals surface area contributed by atoms with E-state index in [0.29, 0.717) is 21.5 Å². The molecular formula is C27H32BrCl2N3O4S. The maximum absolute atomic E-state index is 14.3. The molecule has 0 aromatic heterocycles. The zero-order chi connectivity index (χ0) is 28.6. The first kappa shape index (κ1) is 30.6. The minimum absolute atomic E-state index is 0.0594. The van der Waals surface area contributed by atoms with Crippen molar-refractivity contribution in [2.24, 2.45) is 17.1 Å². The van der Waals surface area contributed by atoms with Crippen LogP contribution in [0.15, 0.2) is 63.5 Å². The Hall–Kier alpha value is -1.91. The number of primary amides is 1. The van der Waals surface area contributed by atoms with Crippen LogP contribution < -0.4 is 11.1 Å². The predicted molar refractivity (Wildman–Crippen MR) is 154 cm³/mol. The highest BCUT2D eigenvalue weighted by molar-refractivity contribution is 9.10. The van der Waals surface area contributed by atoms with Crippen molar-refractivity contribution in [3.8, 4) is 0 Å². The zero-order valence-corrected chi connectivity index (χ0v) is 25.7. The second-order valence-corrected chi connectivity index (χ2v) is 14.3. The number of amides is 2. The van der Waals surface area contributed by atoms with Crippen LogP contribution in [0.4, 0.5) is 0 Å². The van der Waals surface area contributed by atoms with Crippen molar-refractivity contribution in [3.63, 3.8) is 0 Å². The van der Waals surface area contributed by atoms with Crippen LogP contribution in [0.1, 0.15) is 52.6 Å². The van der Waals surface area contributed by atoms with E-state index in [2.05, 4.69) is 21.2 Å². The lowest BCUT2D eigenvalue weighted by molar-refractivity contribution is -0.126. The molecule has 3 atom stereocenters. The summed E-state index contributed by atoms with van der Waals surface area (Å²) in [4.78, 5) is 25.9. The van der Waals surface area contributed by atoms with Crippen LogP contribution in [0.5, 0.6) is 0 Å². The molecule has 3 N–H and O–H groups in total. The molecule has 3 rings (SSSR count). The smallest absolute Gasteiger partial charge is 0.249 e. The summed E-state index contributed by atoms with van der Waals surface area (Å²) < 4.78 is 30.3. The Labute approximate surface area is 242 Å². The number of nitrogens with zero attached hydrogens (tertiary/aromatic N) is 1. The monoisotopic (exact) mass is 643 g/mol. The van der Waals surface area contributed by atoms with Crippen LogP contribution in [-0.4, -0.2) is 36.6 Å². The topological polar surface area (TPSA) is 110 Å². The molecule has 2 aromatic rings. The van der Waals surface area contributed by atoms with Gasteiger partial charge in [0.15, 0.2) is 0 Å². The van der Waals surface area contributed by atoms with Crippen molar-refractivity contribution in [2.75, 3.05) is 0 Å². The van der Waals surface area contributed by atoms with Crippen LogP contribution in [0.25, 0.3) is 0 Å². The molecule has 1 aliphatic heterocycles. The van der Waals surface area contributed by atoms with Crippen molar-refractivity contribution in [1.29, 1.82) is 0 Å². The summed E-state index contributed by atoms with van der Waals surface area (Å²) in [6.07, 6.45) is 2.00. The van der Waals surface area contributed by atoms with Crippen LogP contribution in [0.3, 0.4) is 0 Å². The minimum atomic E-state index is -4.17. The van der Waals surface area contributed by atoms with Gasteiger partial charge >= 0.3 is 0 Å². The largest absolute Gasteiger partial charge is 0.368 e. The molecule has 2 aromatic carbocycles. The predicted octanol–water partition coefficient (Wildman–Crippen LogP) is 5.86. The molecule has 0 bridgehead atoms. The molecule has 1 heterocycles. The van der Waals surface area contributed by atoms with Gasteiger partial charge in [0.2, 0.25) is 21.8 Å². The maximum atomic E-state index is 14.3. The summed E-state index contributed by atoms with van der Waals surface area (Å²) in [5.41, 5.74) is 5.61. The second kappa shape index (κ2) is 11.7. The Morgan fingerprint density at radius 3 is 2.26 bits per heavy atom. The molecule has 206 valence electrons. The van der Waals surface area contributed by atoms with Crippen LogP contribution in [-0.2, 0) is 19.6 Å². The SMILES string of the molecule is CC(C)C[C@H](NC(=O)C1=C[C@@H](C(C)(C)C)N(S(=O)(=O)c2ccccc2Br)[C@H]1c1ccc(Cl)c(Cl)c1)C(N)=O. The molecule has 0 fully saturated rings. The Bertz CT molecular complexity index is 1370. The average Bonchev–Trinajstić information content (AvgIpc) is 3.22. The standard InChI is InChI=1S/C27H32BrCl2N3O4S/c1-15(2)12-21(25(31)34)32-26(35)17-14-23(27(3,4)5)33(24(17)16-10-11-19(29)20(30)13-16)38(36,37)22-9-7-6-8-18(22)28/h6-11,13-15,21,23-24H,12H2,1-5H3,(H2,31,34)(H,32,35)/t21-,23-,24-/m0/s1. The Kier molecular flexibility index (Phi) is 9.41. The third-order valence-electron chi connectivity index (χ3n) is 6.32. The van der Waals surface area contributed by atoms with Crippen LogP contribution in [0, 0.1) is 11.3 Å². The number of carbonyl (C=O) groups excluding carboxylic acids is 2. The number of hydrogen-bond acceptors (Lipinski definition) is 4. The van der Waals surface area contributed by atoms with E-state index in [1.165, 1.54) is 10.4 Å². The van der Waals surface area contributed by atoms with Gasteiger partial charge < -0.3 is 11.1 Å². The highest BCUT2D eigenvalue weighted by Gasteiger charge is 2.50. The van der Waals surface area contributed by atoms with Gasteiger partial charge in [-0.25, -0.2) is 8.42 Å². The van der Waals surface area contributed by atoms with Gasteiger partial charge in [-0.05, 0) is 63.5 Å². The number of sulfonamides is 1. The molecule has 0 saturated heterocycles. The molecule has 0 spiro atoms. The fourth-order valence-electron chi connectivity index (χ4n) is 4.49. The fraction of sp³-hybridized carbons (Fsp3) is 0.407. The minimum Gasteiger partial charge on any atom is -0.368 e. The molecule has 2 amide bonds. The van der Waals surface area contributed by atoms with Crippen molar-refractivity contribution in [1.82, 2.24) is 9.62 Å². The van der Waals surface area contributed by atoms with Gasteiger partial charge in [-0.2, -0.15) is 4.31 Å². The molecule has 0 aliphatic carbocycles. The van der Waals surface area contributed by atoms with E-state index in [9.17, 15) is 18.0 Å². The lowest BCUT2D eigenvalue weighted by atomic mass is 9.87. The summed E-state index contributed by atoms with van der Waals surface area (Å²) in [6, 6.07) is 8.61. The Balaban J connectivity index is 2.24. The highest BCUT2D eigenvalue weighted by Crippen LogP contribution is 2.47. The van der Waals surface area contributed by atoms with Gasteiger partial charge in [-0.15, -0.1) is 0 Å². The van der Waals surface area contributed by atoms with E-state index in [1.807, 2.05) is 34.6 Å². The summed E-state index contributed by atoms with van der Waals surface area (Å²) >= 11 is 15.9. The van der Waals surface area contributed by atoms with E-state index < -0.39 is 45.4 Å². The van der Waals surface area contributed by atoms with Crippen molar-refractivity contribution < 1.29 is 18.0 Å². The van der Waals surface area contributed by atoms with E-state index >= 15 is 0 Å². The number of nitrogens with one attached hydrogen (secondary N) is 1. The van der Waals surface area contributed by atoms with Gasteiger partial charge in [-0.1, -0.05) is 82.1 Å². The molecule has 1 aliphatic rings. The van der Waals surface area contributed by atoms with Gasteiger partial charge in [0.1, 0.15) is 6.04 Å². The van der Waals surface area contributed by atoms with Gasteiger partial charge in [0.25, 0.3) is 0 Å². The molecule has 11 heteroatoms. The second-order valence-electron chi connectivity index (χ2n) is 10.8. The van der Waals surface area contributed by atoms with Gasteiger partial charge in [0, 0.05) is 16.1 Å². The van der Waals surface area contributed by atoms with Crippen LogP contribution >= 0.6 is 39.1 Å². The molecule has 0 unspecified atom stereocenters. The average molecular weight is 645 g/mol. The lowest BCUT2D eigenvalue weighted by Gasteiger charge is -2.37. The first-order valence-electron chi connectivity index (χ1n) is 12.1. The first-order chi connectivity index (χ1) is 17.6. The Morgan fingerprint density at radius 2 is 1.74 bits per heavy atom. The summed E-state index contributed by atoms with van der Waals surface area (Å²) in [6.45, 7) is 9.52. The fourth-order valence-corrected chi connectivity index (χ4v) is 7.67. The zero-order valence-electron chi connectivity index (χ0n) is 21.8. The molecule has 0 saturated carbocycles. The van der Waals surface area contributed by atoms with E-state index in [4.69, 9.17) is 28.9 Å².